The molecule has 1 heteroatoms. The van der Waals surface area contributed by atoms with E-state index in [2.05, 4.69) is 60.3 Å². The first kappa shape index (κ1) is 15.0. The molecule has 1 unspecified atom stereocenters. The maximum absolute atomic E-state index is 2.79. The van der Waals surface area contributed by atoms with Crippen LogP contribution in [-0.2, 0) is 0 Å². The topological polar surface area (TPSA) is 3.24 Å². The van der Waals surface area contributed by atoms with Gasteiger partial charge in [-0.25, -0.2) is 0 Å². The third kappa shape index (κ3) is 3.05. The second kappa shape index (κ2) is 4.57. The van der Waals surface area contributed by atoms with Crippen LogP contribution in [0.25, 0.3) is 0 Å². The van der Waals surface area contributed by atoms with E-state index >= 15 is 0 Å². The molecule has 0 amide bonds. The quantitative estimate of drug-likeness (QED) is 0.640. The van der Waals surface area contributed by atoms with Crippen molar-refractivity contribution in [3.63, 3.8) is 0 Å². The zero-order valence-corrected chi connectivity index (χ0v) is 13.4. The number of piperidine rings is 1. The summed E-state index contributed by atoms with van der Waals surface area (Å²) in [7, 11) is 0. The molecule has 0 aromatic rings. The molecule has 0 aromatic carbocycles. The Kier molecular flexibility index (Phi) is 4.04. The van der Waals surface area contributed by atoms with Crippen molar-refractivity contribution in [2.24, 2.45) is 10.8 Å². The molecule has 0 saturated carbocycles. The lowest BCUT2D eigenvalue weighted by Gasteiger charge is -2.56. The molecule has 0 aliphatic carbocycles. The van der Waals surface area contributed by atoms with Crippen LogP contribution in [0.4, 0.5) is 0 Å². The van der Waals surface area contributed by atoms with E-state index in [1.165, 1.54) is 25.8 Å². The Morgan fingerprint density at radius 2 is 1.35 bits per heavy atom. The number of hydrogen-bond donors (Lipinski definition) is 0. The van der Waals surface area contributed by atoms with Gasteiger partial charge in [-0.1, -0.05) is 48.0 Å². The first-order valence-corrected chi connectivity index (χ1v) is 7.24. The van der Waals surface area contributed by atoms with Gasteiger partial charge in [-0.2, -0.15) is 0 Å². The summed E-state index contributed by atoms with van der Waals surface area (Å²) in [5, 5.41) is 0. The zero-order valence-electron chi connectivity index (χ0n) is 13.4. The van der Waals surface area contributed by atoms with Gasteiger partial charge in [-0.05, 0) is 44.1 Å². The molecule has 0 spiro atoms. The molecule has 1 atom stereocenters. The highest BCUT2D eigenvalue weighted by molar-refractivity contribution is 4.99. The highest BCUT2D eigenvalue weighted by Gasteiger charge is 2.45. The highest BCUT2D eigenvalue weighted by Crippen LogP contribution is 2.43. The second-order valence-corrected chi connectivity index (χ2v) is 8.38. The minimum Gasteiger partial charge on any atom is -0.294 e. The third-order valence-corrected chi connectivity index (χ3v) is 5.06. The fraction of sp³-hybridized carbons (Fsp3) is 1.00. The Morgan fingerprint density at radius 3 is 1.76 bits per heavy atom. The van der Waals surface area contributed by atoms with Gasteiger partial charge in [-0.15, -0.1) is 0 Å². The predicted octanol–water partition coefficient (Wildman–Crippen LogP) is 4.71. The number of rotatable bonds is 1. The van der Waals surface area contributed by atoms with Gasteiger partial charge in [0.15, 0.2) is 0 Å². The van der Waals surface area contributed by atoms with Crippen LogP contribution in [0.3, 0.4) is 0 Å². The van der Waals surface area contributed by atoms with E-state index in [-0.39, 0.29) is 5.54 Å². The molecule has 0 N–H and O–H groups in total. The van der Waals surface area contributed by atoms with E-state index < -0.39 is 0 Å². The molecule has 1 nitrogen and oxygen atoms in total. The maximum Gasteiger partial charge on any atom is 0.0204 e. The number of likely N-dealkylation sites (tertiary alicyclic amines) is 1. The van der Waals surface area contributed by atoms with E-state index in [0.29, 0.717) is 10.8 Å². The van der Waals surface area contributed by atoms with Crippen molar-refractivity contribution >= 4 is 0 Å². The van der Waals surface area contributed by atoms with Crippen molar-refractivity contribution in [3.8, 4) is 0 Å². The highest BCUT2D eigenvalue weighted by atomic mass is 15.2. The first-order chi connectivity index (χ1) is 7.48. The molecule has 1 fully saturated rings. The van der Waals surface area contributed by atoms with Gasteiger partial charge in [0, 0.05) is 11.6 Å². The van der Waals surface area contributed by atoms with Crippen LogP contribution in [0.5, 0.6) is 0 Å². The lowest BCUT2D eigenvalue weighted by Crippen LogP contribution is -2.61. The average Bonchev–Trinajstić information content (AvgIpc) is 2.14. The van der Waals surface area contributed by atoms with Gasteiger partial charge in [0.05, 0.1) is 0 Å². The standard InChI is InChI=1S/C16H33N/c1-14(2,3)13-11-9-10-12-17(13)16(7,8)15(4,5)6/h13H,9-12H2,1-8H3. The number of nitrogens with zero attached hydrogens (tertiary/aromatic N) is 1. The fourth-order valence-corrected chi connectivity index (χ4v) is 2.93. The molecule has 17 heavy (non-hydrogen) atoms. The van der Waals surface area contributed by atoms with Gasteiger partial charge in [0.1, 0.15) is 0 Å². The smallest absolute Gasteiger partial charge is 0.0204 e. The molecule has 1 aliphatic rings. The summed E-state index contributed by atoms with van der Waals surface area (Å²) in [6.07, 6.45) is 4.13. The maximum atomic E-state index is 2.79. The van der Waals surface area contributed by atoms with Gasteiger partial charge in [0.2, 0.25) is 0 Å². The van der Waals surface area contributed by atoms with Crippen LogP contribution in [-0.4, -0.2) is 23.0 Å². The van der Waals surface area contributed by atoms with Crippen LogP contribution < -0.4 is 0 Å². The third-order valence-electron chi connectivity index (χ3n) is 5.06. The van der Waals surface area contributed by atoms with Gasteiger partial charge in [-0.3, -0.25) is 4.90 Å². The van der Waals surface area contributed by atoms with Gasteiger partial charge < -0.3 is 0 Å². The summed E-state index contributed by atoms with van der Waals surface area (Å²) in [6.45, 7) is 20.4. The van der Waals surface area contributed by atoms with Crippen molar-refractivity contribution in [2.75, 3.05) is 6.54 Å². The van der Waals surface area contributed by atoms with Crippen LogP contribution in [0.1, 0.15) is 74.7 Å². The van der Waals surface area contributed by atoms with Crippen LogP contribution in [0, 0.1) is 10.8 Å². The van der Waals surface area contributed by atoms with Crippen molar-refractivity contribution < 1.29 is 0 Å². The first-order valence-electron chi connectivity index (χ1n) is 7.24. The lowest BCUT2D eigenvalue weighted by atomic mass is 9.70. The summed E-state index contributed by atoms with van der Waals surface area (Å²) >= 11 is 0. The van der Waals surface area contributed by atoms with E-state index in [1.807, 2.05) is 0 Å². The molecule has 0 radical (unpaired) electrons. The minimum absolute atomic E-state index is 0.269. The summed E-state index contributed by atoms with van der Waals surface area (Å²) in [5.41, 5.74) is 0.988. The second-order valence-electron chi connectivity index (χ2n) is 8.38. The van der Waals surface area contributed by atoms with Crippen LogP contribution >= 0.6 is 0 Å². The zero-order chi connectivity index (χ0) is 13.5. The normalized spacial score (nSPS) is 25.1. The summed E-state index contributed by atoms with van der Waals surface area (Å²) in [4.78, 5) is 2.79. The Hall–Kier alpha value is -0.0400. The monoisotopic (exact) mass is 239 g/mol. The van der Waals surface area contributed by atoms with Gasteiger partial charge in [0.25, 0.3) is 0 Å². The molecule has 1 saturated heterocycles. The Morgan fingerprint density at radius 1 is 0.824 bits per heavy atom. The van der Waals surface area contributed by atoms with Crippen LogP contribution in [0.15, 0.2) is 0 Å². The van der Waals surface area contributed by atoms with Crippen LogP contribution in [0.2, 0.25) is 0 Å². The Bertz CT molecular complexity index is 252. The molecule has 1 heterocycles. The molecule has 1 rings (SSSR count). The number of hydrogen-bond acceptors (Lipinski definition) is 1. The predicted molar refractivity (Wildman–Crippen MR) is 77.3 cm³/mol. The average molecular weight is 239 g/mol. The molecular formula is C16H33N. The Labute approximate surface area is 109 Å². The fourth-order valence-electron chi connectivity index (χ4n) is 2.93. The molecule has 0 bridgehead atoms. The summed E-state index contributed by atoms with van der Waals surface area (Å²) < 4.78 is 0. The lowest BCUT2D eigenvalue weighted by molar-refractivity contribution is -0.0631. The van der Waals surface area contributed by atoms with E-state index in [4.69, 9.17) is 0 Å². The van der Waals surface area contributed by atoms with E-state index in [0.717, 1.165) is 6.04 Å². The van der Waals surface area contributed by atoms with Crippen molar-refractivity contribution in [1.82, 2.24) is 4.90 Å². The summed E-state index contributed by atoms with van der Waals surface area (Å²) in [6, 6.07) is 0.727. The van der Waals surface area contributed by atoms with E-state index in [1.54, 1.807) is 0 Å². The van der Waals surface area contributed by atoms with E-state index in [9.17, 15) is 0 Å². The molecule has 102 valence electrons. The van der Waals surface area contributed by atoms with Crippen molar-refractivity contribution in [1.29, 1.82) is 0 Å². The molecule has 0 aromatic heterocycles. The minimum atomic E-state index is 0.269. The largest absolute Gasteiger partial charge is 0.294 e. The Balaban J connectivity index is 3.00. The SMILES string of the molecule is CC(C)(C)C1CCCCN1C(C)(C)C(C)(C)C. The van der Waals surface area contributed by atoms with Crippen molar-refractivity contribution in [2.45, 2.75) is 86.2 Å². The molecule has 1 aliphatic heterocycles. The van der Waals surface area contributed by atoms with Gasteiger partial charge >= 0.3 is 0 Å². The molecular weight excluding hydrogens is 206 g/mol. The van der Waals surface area contributed by atoms with Crippen molar-refractivity contribution in [3.05, 3.63) is 0 Å². The summed E-state index contributed by atoms with van der Waals surface area (Å²) in [5.74, 6) is 0.